The minimum absolute atomic E-state index is 0.000794. The fourth-order valence-corrected chi connectivity index (χ4v) is 4.68. The summed E-state index contributed by atoms with van der Waals surface area (Å²) in [5.74, 6) is -0.0367. The molecule has 0 saturated carbocycles. The Morgan fingerprint density at radius 2 is 1.07 bits per heavy atom. The number of hydrogen-bond donors (Lipinski definition) is 2. The second kappa shape index (κ2) is 21.8. The van der Waals surface area contributed by atoms with E-state index in [-0.39, 0.29) is 11.8 Å². The van der Waals surface area contributed by atoms with Gasteiger partial charge in [0.25, 0.3) is 0 Å². The molecule has 0 radical (unpaired) electrons. The third kappa shape index (κ3) is 15.5. The Bertz CT molecular complexity index is 991. The van der Waals surface area contributed by atoms with Crippen molar-refractivity contribution in [2.24, 2.45) is 10.2 Å². The van der Waals surface area contributed by atoms with Gasteiger partial charge in [-0.1, -0.05) is 122 Å². The van der Waals surface area contributed by atoms with Crippen molar-refractivity contribution >= 4 is 34.6 Å². The number of nitrogens with one attached hydrogen (secondary N) is 2. The number of anilines is 2. The molecule has 6 heteroatoms. The van der Waals surface area contributed by atoms with E-state index in [2.05, 4.69) is 34.7 Å². The lowest BCUT2D eigenvalue weighted by atomic mass is 10.1. The highest BCUT2D eigenvalue weighted by molar-refractivity contribution is 5.96. The maximum Gasteiger partial charge on any atom is 0.224 e. The molecule has 6 nitrogen and oxygen atoms in total. The summed E-state index contributed by atoms with van der Waals surface area (Å²) in [6, 6.07) is 14.9. The number of rotatable bonds is 22. The average molecular weight is 549 g/mol. The van der Waals surface area contributed by atoms with E-state index in [0.717, 1.165) is 31.4 Å². The zero-order chi connectivity index (χ0) is 28.7. The Morgan fingerprint density at radius 3 is 1.62 bits per heavy atom. The topological polar surface area (TPSA) is 82.9 Å². The Kier molecular flexibility index (Phi) is 18.1. The third-order valence-corrected chi connectivity index (χ3v) is 7.10. The Labute approximate surface area is 242 Å². The summed E-state index contributed by atoms with van der Waals surface area (Å²) in [7, 11) is 0. The molecule has 40 heavy (non-hydrogen) atoms. The molecule has 0 aliphatic carbocycles. The highest BCUT2D eigenvalue weighted by Crippen LogP contribution is 2.30. The lowest BCUT2D eigenvalue weighted by molar-refractivity contribution is -0.117. The highest BCUT2D eigenvalue weighted by atomic mass is 16.2. The van der Waals surface area contributed by atoms with E-state index in [9.17, 15) is 9.59 Å². The number of hydrogen-bond acceptors (Lipinski definition) is 4. The van der Waals surface area contributed by atoms with Crippen LogP contribution >= 0.6 is 0 Å². The SMILES string of the molecule is CCCCCCCCCCC(=O)Nc1ccc(N=Nc2ccccc2)c(NC(=O)CCCCCCCCCC)c1. The lowest BCUT2D eigenvalue weighted by Crippen LogP contribution is -2.13. The number of azo groups is 1. The fourth-order valence-electron chi connectivity index (χ4n) is 4.68. The molecule has 2 N–H and O–H groups in total. The van der Waals surface area contributed by atoms with Gasteiger partial charge in [0.1, 0.15) is 5.69 Å². The van der Waals surface area contributed by atoms with Crippen LogP contribution in [0.4, 0.5) is 22.7 Å². The molecule has 0 aliphatic heterocycles. The second-order valence-corrected chi connectivity index (χ2v) is 10.8. The number of carbonyl (C=O) groups excluding carboxylic acids is 2. The summed E-state index contributed by atoms with van der Waals surface area (Å²) in [6.07, 6.45) is 20.1. The van der Waals surface area contributed by atoms with Crippen LogP contribution in [-0.2, 0) is 9.59 Å². The Hall–Kier alpha value is -3.02. The van der Waals surface area contributed by atoms with E-state index in [1.807, 2.05) is 36.4 Å². The van der Waals surface area contributed by atoms with Crippen molar-refractivity contribution in [3.05, 3.63) is 48.5 Å². The minimum Gasteiger partial charge on any atom is -0.326 e. The van der Waals surface area contributed by atoms with Crippen LogP contribution in [0, 0.1) is 0 Å². The summed E-state index contributed by atoms with van der Waals surface area (Å²) < 4.78 is 0. The summed E-state index contributed by atoms with van der Waals surface area (Å²) in [6.45, 7) is 4.46. The maximum atomic E-state index is 12.8. The van der Waals surface area contributed by atoms with Crippen molar-refractivity contribution in [2.45, 2.75) is 129 Å². The molecule has 0 saturated heterocycles. The van der Waals surface area contributed by atoms with E-state index in [1.165, 1.54) is 77.0 Å². The van der Waals surface area contributed by atoms with Gasteiger partial charge < -0.3 is 10.6 Å². The number of amides is 2. The summed E-state index contributed by atoms with van der Waals surface area (Å²) in [5, 5.41) is 14.7. The van der Waals surface area contributed by atoms with Gasteiger partial charge in [-0.05, 0) is 43.2 Å². The van der Waals surface area contributed by atoms with Gasteiger partial charge in [0, 0.05) is 18.5 Å². The van der Waals surface area contributed by atoms with Crippen molar-refractivity contribution < 1.29 is 9.59 Å². The molecule has 2 amide bonds. The van der Waals surface area contributed by atoms with Crippen molar-refractivity contribution in [2.75, 3.05) is 10.6 Å². The standard InChI is InChI=1S/C34H52N4O2/c1-3-5-7-9-11-13-15-20-24-33(39)35-30-26-27-31(38-37-29-22-18-17-19-23-29)32(28-30)36-34(40)25-21-16-14-12-10-8-6-4-2/h17-19,22-23,26-28H,3-16,20-21,24-25H2,1-2H3,(H,35,39)(H,36,40). The van der Waals surface area contributed by atoms with Gasteiger partial charge in [-0.3, -0.25) is 9.59 Å². The minimum atomic E-state index is -0.0374. The van der Waals surface area contributed by atoms with E-state index in [1.54, 1.807) is 12.1 Å². The van der Waals surface area contributed by atoms with Gasteiger partial charge in [-0.15, -0.1) is 5.11 Å². The van der Waals surface area contributed by atoms with E-state index < -0.39 is 0 Å². The molecule has 2 rings (SSSR count). The maximum absolute atomic E-state index is 12.8. The molecule has 0 aliphatic rings. The molecule has 0 bridgehead atoms. The molecular weight excluding hydrogens is 496 g/mol. The molecule has 0 unspecified atom stereocenters. The predicted octanol–water partition coefficient (Wildman–Crippen LogP) is 11.0. The molecule has 2 aromatic rings. The summed E-state index contributed by atoms with van der Waals surface area (Å²) >= 11 is 0. The summed E-state index contributed by atoms with van der Waals surface area (Å²) in [5.41, 5.74) is 2.52. The normalized spacial score (nSPS) is 11.2. The number of carbonyl (C=O) groups is 2. The van der Waals surface area contributed by atoms with Crippen LogP contribution in [0.3, 0.4) is 0 Å². The lowest BCUT2D eigenvalue weighted by Gasteiger charge is -2.11. The molecule has 0 heterocycles. The fraction of sp³-hybridized carbons (Fsp3) is 0.588. The molecule has 220 valence electrons. The van der Waals surface area contributed by atoms with Crippen LogP contribution in [-0.4, -0.2) is 11.8 Å². The zero-order valence-electron chi connectivity index (χ0n) is 25.1. The first-order valence-corrected chi connectivity index (χ1v) is 15.8. The van der Waals surface area contributed by atoms with Crippen LogP contribution in [0.15, 0.2) is 58.8 Å². The Balaban J connectivity index is 1.88. The first-order chi connectivity index (χ1) is 19.6. The molecular formula is C34H52N4O2. The Morgan fingerprint density at radius 1 is 0.575 bits per heavy atom. The average Bonchev–Trinajstić information content (AvgIpc) is 2.96. The van der Waals surface area contributed by atoms with Gasteiger partial charge in [-0.25, -0.2) is 0 Å². The van der Waals surface area contributed by atoms with Crippen LogP contribution in [0.5, 0.6) is 0 Å². The molecule has 2 aromatic carbocycles. The van der Waals surface area contributed by atoms with Crippen molar-refractivity contribution in [1.29, 1.82) is 0 Å². The first-order valence-electron chi connectivity index (χ1n) is 15.8. The summed E-state index contributed by atoms with van der Waals surface area (Å²) in [4.78, 5) is 25.3. The molecule has 0 aromatic heterocycles. The van der Waals surface area contributed by atoms with Crippen LogP contribution in [0.2, 0.25) is 0 Å². The van der Waals surface area contributed by atoms with Gasteiger partial charge in [-0.2, -0.15) is 5.11 Å². The number of nitrogens with zero attached hydrogens (tertiary/aromatic N) is 2. The van der Waals surface area contributed by atoms with Gasteiger partial charge in [0.15, 0.2) is 0 Å². The van der Waals surface area contributed by atoms with Crippen LogP contribution in [0.25, 0.3) is 0 Å². The van der Waals surface area contributed by atoms with Gasteiger partial charge in [0.2, 0.25) is 11.8 Å². The largest absolute Gasteiger partial charge is 0.326 e. The van der Waals surface area contributed by atoms with Gasteiger partial charge >= 0.3 is 0 Å². The van der Waals surface area contributed by atoms with E-state index in [0.29, 0.717) is 29.9 Å². The van der Waals surface area contributed by atoms with Gasteiger partial charge in [0.05, 0.1) is 11.4 Å². The molecule has 0 spiro atoms. The molecule has 0 fully saturated rings. The predicted molar refractivity (Wildman–Crippen MR) is 169 cm³/mol. The smallest absolute Gasteiger partial charge is 0.224 e. The second-order valence-electron chi connectivity index (χ2n) is 10.8. The van der Waals surface area contributed by atoms with Crippen LogP contribution < -0.4 is 10.6 Å². The highest BCUT2D eigenvalue weighted by Gasteiger charge is 2.10. The van der Waals surface area contributed by atoms with Crippen LogP contribution in [0.1, 0.15) is 129 Å². The quantitative estimate of drug-likeness (QED) is 0.113. The van der Waals surface area contributed by atoms with Crippen molar-refractivity contribution in [3.63, 3.8) is 0 Å². The van der Waals surface area contributed by atoms with E-state index in [4.69, 9.17) is 0 Å². The third-order valence-electron chi connectivity index (χ3n) is 7.10. The first kappa shape index (κ1) is 33.2. The number of unbranched alkanes of at least 4 members (excludes halogenated alkanes) is 14. The van der Waals surface area contributed by atoms with Crippen molar-refractivity contribution in [3.8, 4) is 0 Å². The number of benzene rings is 2. The monoisotopic (exact) mass is 548 g/mol. The zero-order valence-corrected chi connectivity index (χ0v) is 25.1. The molecule has 0 atom stereocenters. The van der Waals surface area contributed by atoms with Crippen molar-refractivity contribution in [1.82, 2.24) is 0 Å². The van der Waals surface area contributed by atoms with E-state index >= 15 is 0 Å².